The Morgan fingerprint density at radius 2 is 2.36 bits per heavy atom. The van der Waals surface area contributed by atoms with Crippen molar-refractivity contribution in [2.75, 3.05) is 0 Å². The van der Waals surface area contributed by atoms with E-state index in [9.17, 15) is 0 Å². The van der Waals surface area contributed by atoms with Gasteiger partial charge in [-0.1, -0.05) is 24.3 Å². The predicted octanol–water partition coefficient (Wildman–Crippen LogP) is 3.46. The molecule has 0 N–H and O–H groups in total. The van der Waals surface area contributed by atoms with Crippen LogP contribution in [0.1, 0.15) is 24.6 Å². The zero-order chi connectivity index (χ0) is 9.97. The summed E-state index contributed by atoms with van der Waals surface area (Å²) in [5.41, 5.74) is 4.64. The van der Waals surface area contributed by atoms with Crippen LogP contribution in [-0.4, -0.2) is 4.98 Å². The van der Waals surface area contributed by atoms with Gasteiger partial charge >= 0.3 is 0 Å². The van der Waals surface area contributed by atoms with Gasteiger partial charge in [-0.15, -0.1) is 0 Å². The molecule has 0 spiro atoms. The Morgan fingerprint density at radius 1 is 1.50 bits per heavy atom. The average molecular weight is 183 g/mol. The van der Waals surface area contributed by atoms with E-state index in [0.29, 0.717) is 0 Å². The Labute approximate surface area is 84.5 Å². The molecule has 1 nitrogen and oxygen atoms in total. The molecule has 1 aliphatic carbocycles. The van der Waals surface area contributed by atoms with E-state index >= 15 is 0 Å². The molecule has 2 rings (SSSR count). The molecular weight excluding hydrogens is 170 g/mol. The molecule has 14 heavy (non-hydrogen) atoms. The van der Waals surface area contributed by atoms with E-state index in [1.807, 2.05) is 19.2 Å². The summed E-state index contributed by atoms with van der Waals surface area (Å²) in [6.07, 6.45) is 9.15. The van der Waals surface area contributed by atoms with Crippen molar-refractivity contribution in [2.45, 2.75) is 13.3 Å². The highest BCUT2D eigenvalue weighted by Crippen LogP contribution is 2.22. The minimum absolute atomic E-state index is 0.950. The Balaban J connectivity index is 2.52. The average Bonchev–Trinajstić information content (AvgIpc) is 2.39. The number of hydrogen-bond acceptors (Lipinski definition) is 1. The van der Waals surface area contributed by atoms with E-state index in [1.54, 1.807) is 0 Å². The van der Waals surface area contributed by atoms with Gasteiger partial charge in [0.15, 0.2) is 0 Å². The van der Waals surface area contributed by atoms with Crippen molar-refractivity contribution in [3.05, 3.63) is 53.4 Å². The van der Waals surface area contributed by atoms with Gasteiger partial charge in [-0.25, -0.2) is 0 Å². The number of nitrogens with zero attached hydrogens (tertiary/aromatic N) is 1. The molecular formula is C13H13N. The molecule has 0 saturated carbocycles. The van der Waals surface area contributed by atoms with Crippen LogP contribution in [0.2, 0.25) is 0 Å². The van der Waals surface area contributed by atoms with Crippen LogP contribution < -0.4 is 0 Å². The maximum Gasteiger partial charge on any atom is 0.0698 e. The van der Waals surface area contributed by atoms with Crippen LogP contribution in [0.5, 0.6) is 0 Å². The number of hydrogen-bond donors (Lipinski definition) is 0. The minimum Gasteiger partial charge on any atom is -0.256 e. The number of rotatable bonds is 1. The van der Waals surface area contributed by atoms with Gasteiger partial charge in [0.25, 0.3) is 0 Å². The molecule has 0 fully saturated rings. The molecule has 0 radical (unpaired) electrons. The molecule has 0 saturated heterocycles. The second kappa shape index (κ2) is 3.62. The molecule has 1 heterocycles. The first kappa shape index (κ1) is 8.95. The zero-order valence-corrected chi connectivity index (χ0v) is 8.33. The lowest BCUT2D eigenvalue weighted by Gasteiger charge is -2.02. The highest BCUT2D eigenvalue weighted by atomic mass is 14.7. The summed E-state index contributed by atoms with van der Waals surface area (Å²) in [4.78, 5) is 4.31. The van der Waals surface area contributed by atoms with E-state index < -0.39 is 0 Å². The lowest BCUT2D eigenvalue weighted by molar-refractivity contribution is 1.24. The third kappa shape index (κ3) is 1.67. The second-order valence-electron chi connectivity index (χ2n) is 3.53. The van der Waals surface area contributed by atoms with Crippen LogP contribution in [-0.2, 0) is 0 Å². The topological polar surface area (TPSA) is 12.9 Å². The Bertz CT molecular complexity index is 425. The first-order chi connectivity index (χ1) is 6.77. The van der Waals surface area contributed by atoms with Crippen LogP contribution in [0.3, 0.4) is 0 Å². The molecule has 1 aromatic rings. The summed E-state index contributed by atoms with van der Waals surface area (Å²) >= 11 is 0. The zero-order valence-electron chi connectivity index (χ0n) is 8.33. The van der Waals surface area contributed by atoms with Crippen molar-refractivity contribution < 1.29 is 0 Å². The lowest BCUT2D eigenvalue weighted by atomic mass is 10.0. The van der Waals surface area contributed by atoms with Crippen LogP contribution in [0, 0.1) is 0 Å². The summed E-state index contributed by atoms with van der Waals surface area (Å²) in [5.74, 6) is 0. The number of pyridine rings is 1. The van der Waals surface area contributed by atoms with Gasteiger partial charge in [0.1, 0.15) is 0 Å². The van der Waals surface area contributed by atoms with Crippen molar-refractivity contribution in [1.82, 2.24) is 4.98 Å². The van der Waals surface area contributed by atoms with Crippen LogP contribution in [0.25, 0.3) is 12.2 Å². The molecule has 1 heteroatoms. The largest absolute Gasteiger partial charge is 0.256 e. The summed E-state index contributed by atoms with van der Waals surface area (Å²) in [6.45, 7) is 6.01. The quantitative estimate of drug-likeness (QED) is 0.649. The van der Waals surface area contributed by atoms with E-state index in [-0.39, 0.29) is 0 Å². The van der Waals surface area contributed by atoms with Crippen molar-refractivity contribution in [3.8, 4) is 0 Å². The standard InChI is InChI=1S/C13H13N/c1-10(2)11-5-3-7-13-12(9-11)6-4-8-14-13/h3-4,6-9H,1,5H2,2H3. The Morgan fingerprint density at radius 3 is 3.14 bits per heavy atom. The van der Waals surface area contributed by atoms with Crippen molar-refractivity contribution in [2.24, 2.45) is 0 Å². The van der Waals surface area contributed by atoms with E-state index in [4.69, 9.17) is 0 Å². The number of fused-ring (bicyclic) bond motifs is 1. The van der Waals surface area contributed by atoms with Crippen molar-refractivity contribution in [3.63, 3.8) is 0 Å². The minimum atomic E-state index is 0.950. The molecule has 1 aliphatic rings. The molecule has 0 amide bonds. The number of allylic oxidation sites excluding steroid dienone is 3. The third-order valence-corrected chi connectivity index (χ3v) is 2.36. The summed E-state index contributed by atoms with van der Waals surface area (Å²) < 4.78 is 0. The van der Waals surface area contributed by atoms with Gasteiger partial charge in [-0.05, 0) is 37.1 Å². The van der Waals surface area contributed by atoms with Crippen LogP contribution >= 0.6 is 0 Å². The van der Waals surface area contributed by atoms with Crippen LogP contribution in [0.15, 0.2) is 42.1 Å². The van der Waals surface area contributed by atoms with Gasteiger partial charge in [0.05, 0.1) is 5.69 Å². The summed E-state index contributed by atoms with van der Waals surface area (Å²) in [5, 5.41) is 0. The molecule has 70 valence electrons. The van der Waals surface area contributed by atoms with Crippen molar-refractivity contribution >= 4 is 12.2 Å². The smallest absolute Gasteiger partial charge is 0.0698 e. The normalized spacial score (nSPS) is 14.2. The summed E-state index contributed by atoms with van der Waals surface area (Å²) in [6, 6.07) is 4.05. The first-order valence-corrected chi connectivity index (χ1v) is 4.75. The summed E-state index contributed by atoms with van der Waals surface area (Å²) in [7, 11) is 0. The molecule has 0 aromatic carbocycles. The SMILES string of the molecule is C=C(C)C1=Cc2cccnc2C=CC1. The highest BCUT2D eigenvalue weighted by Gasteiger charge is 2.04. The fourth-order valence-corrected chi connectivity index (χ4v) is 1.53. The molecule has 1 aromatic heterocycles. The Hall–Kier alpha value is -1.63. The molecule has 0 bridgehead atoms. The molecule has 0 aliphatic heterocycles. The van der Waals surface area contributed by atoms with E-state index in [0.717, 1.165) is 17.7 Å². The number of aromatic nitrogens is 1. The van der Waals surface area contributed by atoms with Gasteiger partial charge < -0.3 is 0 Å². The van der Waals surface area contributed by atoms with Gasteiger partial charge in [-0.2, -0.15) is 0 Å². The van der Waals surface area contributed by atoms with Crippen molar-refractivity contribution in [1.29, 1.82) is 0 Å². The Kier molecular flexibility index (Phi) is 2.32. The second-order valence-corrected chi connectivity index (χ2v) is 3.53. The molecule has 0 unspecified atom stereocenters. The maximum atomic E-state index is 4.31. The lowest BCUT2D eigenvalue weighted by Crippen LogP contribution is -1.85. The maximum absolute atomic E-state index is 4.31. The molecule has 0 atom stereocenters. The fourth-order valence-electron chi connectivity index (χ4n) is 1.53. The fraction of sp³-hybridized carbons (Fsp3) is 0.154. The van der Waals surface area contributed by atoms with Crippen LogP contribution in [0.4, 0.5) is 0 Å². The van der Waals surface area contributed by atoms with Gasteiger partial charge in [0, 0.05) is 11.8 Å². The predicted molar refractivity (Wildman–Crippen MR) is 60.7 cm³/mol. The van der Waals surface area contributed by atoms with E-state index in [1.165, 1.54) is 11.1 Å². The third-order valence-electron chi connectivity index (χ3n) is 2.36. The van der Waals surface area contributed by atoms with Gasteiger partial charge in [0.2, 0.25) is 0 Å². The van der Waals surface area contributed by atoms with Gasteiger partial charge in [-0.3, -0.25) is 4.98 Å². The first-order valence-electron chi connectivity index (χ1n) is 4.75. The monoisotopic (exact) mass is 183 g/mol. The van der Waals surface area contributed by atoms with E-state index in [2.05, 4.69) is 35.9 Å². The highest BCUT2D eigenvalue weighted by molar-refractivity contribution is 5.69.